The Morgan fingerprint density at radius 3 is 2.33 bits per heavy atom. The molecule has 30 heavy (non-hydrogen) atoms. The Balaban J connectivity index is 1.66. The quantitative estimate of drug-likeness (QED) is 0.756. The molecule has 0 aliphatic carbocycles. The molecule has 0 saturated heterocycles. The van der Waals surface area contributed by atoms with Crippen molar-refractivity contribution in [1.82, 2.24) is 4.90 Å². The van der Waals surface area contributed by atoms with Crippen LogP contribution in [0.5, 0.6) is 0 Å². The van der Waals surface area contributed by atoms with Gasteiger partial charge < -0.3 is 19.7 Å². The van der Waals surface area contributed by atoms with Crippen molar-refractivity contribution in [3.63, 3.8) is 0 Å². The minimum absolute atomic E-state index is 0.223. The maximum Gasteiger partial charge on any atom is 0.338 e. The largest absolute Gasteiger partial charge is 0.467 e. The van der Waals surface area contributed by atoms with E-state index in [1.807, 2.05) is 24.3 Å². The van der Waals surface area contributed by atoms with Gasteiger partial charge in [0.25, 0.3) is 5.91 Å². The summed E-state index contributed by atoms with van der Waals surface area (Å²) in [4.78, 5) is 49.6. The van der Waals surface area contributed by atoms with E-state index in [4.69, 9.17) is 9.47 Å². The Kier molecular flexibility index (Phi) is 6.46. The van der Waals surface area contributed by atoms with Gasteiger partial charge in [-0.2, -0.15) is 0 Å². The molecule has 1 heterocycles. The molecule has 2 aromatic carbocycles. The second-order valence-electron chi connectivity index (χ2n) is 6.87. The van der Waals surface area contributed by atoms with E-state index in [0.29, 0.717) is 12.1 Å². The molecule has 1 atom stereocenters. The molecule has 1 aliphatic heterocycles. The molecule has 1 aliphatic rings. The van der Waals surface area contributed by atoms with E-state index in [-0.39, 0.29) is 18.0 Å². The predicted molar refractivity (Wildman–Crippen MR) is 108 cm³/mol. The molecule has 0 spiro atoms. The van der Waals surface area contributed by atoms with Crippen molar-refractivity contribution < 1.29 is 28.7 Å². The van der Waals surface area contributed by atoms with Gasteiger partial charge in [0, 0.05) is 25.6 Å². The highest BCUT2D eigenvalue weighted by molar-refractivity contribution is 5.93. The molecular weight excluding hydrogens is 388 g/mol. The smallest absolute Gasteiger partial charge is 0.338 e. The first-order valence-electron chi connectivity index (χ1n) is 9.38. The molecule has 156 valence electrons. The Hall–Kier alpha value is -3.68. The Morgan fingerprint density at radius 1 is 1.03 bits per heavy atom. The maximum atomic E-state index is 12.7. The fourth-order valence-electron chi connectivity index (χ4n) is 3.32. The number of fused-ring (bicyclic) bond motifs is 1. The van der Waals surface area contributed by atoms with Gasteiger partial charge in [-0.15, -0.1) is 0 Å². The predicted octanol–water partition coefficient (Wildman–Crippen LogP) is 1.93. The summed E-state index contributed by atoms with van der Waals surface area (Å²) in [7, 11) is 1.27. The lowest BCUT2D eigenvalue weighted by atomic mass is 9.94. The van der Waals surface area contributed by atoms with Crippen LogP contribution in [0.1, 0.15) is 28.4 Å². The fourth-order valence-corrected chi connectivity index (χ4v) is 3.32. The third kappa shape index (κ3) is 4.83. The third-order valence-electron chi connectivity index (χ3n) is 4.81. The summed E-state index contributed by atoms with van der Waals surface area (Å²) in [5.74, 6) is -1.90. The molecule has 2 aromatic rings. The molecule has 2 amide bonds. The lowest BCUT2D eigenvalue weighted by molar-refractivity contribution is -0.155. The lowest BCUT2D eigenvalue weighted by Gasteiger charge is -2.35. The van der Waals surface area contributed by atoms with Crippen LogP contribution in [-0.4, -0.2) is 48.4 Å². The van der Waals surface area contributed by atoms with E-state index in [1.165, 1.54) is 31.1 Å². The normalized spacial score (nSPS) is 15.0. The van der Waals surface area contributed by atoms with Crippen LogP contribution < -0.4 is 5.32 Å². The van der Waals surface area contributed by atoms with Gasteiger partial charge in [-0.05, 0) is 35.4 Å². The van der Waals surface area contributed by atoms with Gasteiger partial charge in [-0.1, -0.05) is 24.3 Å². The molecule has 0 aromatic heterocycles. The van der Waals surface area contributed by atoms with E-state index in [2.05, 4.69) is 5.32 Å². The minimum Gasteiger partial charge on any atom is -0.467 e. The molecule has 0 unspecified atom stereocenters. The van der Waals surface area contributed by atoms with E-state index < -0.39 is 30.5 Å². The summed E-state index contributed by atoms with van der Waals surface area (Å²) >= 11 is 0. The molecular formula is C22H22N2O6. The van der Waals surface area contributed by atoms with Crippen LogP contribution in [0.15, 0.2) is 48.5 Å². The summed E-state index contributed by atoms with van der Waals surface area (Å²) in [6.07, 6.45) is 0.340. The number of methoxy groups -OCH3 is 1. The molecule has 3 rings (SSSR count). The first-order chi connectivity index (χ1) is 14.4. The number of anilines is 1. The minimum atomic E-state index is -0.770. The number of hydrogen-bond acceptors (Lipinski definition) is 6. The number of benzene rings is 2. The van der Waals surface area contributed by atoms with Crippen LogP contribution in [0.3, 0.4) is 0 Å². The Bertz CT molecular complexity index is 970. The summed E-state index contributed by atoms with van der Waals surface area (Å²) < 4.78 is 9.99. The van der Waals surface area contributed by atoms with Crippen molar-refractivity contribution >= 4 is 29.4 Å². The molecule has 1 N–H and O–H groups in total. The SMILES string of the molecule is COC(=O)[C@H]1Cc2ccccc2CN1C(=O)COC(=O)c1ccc(NC(C)=O)cc1. The molecule has 0 fully saturated rings. The monoisotopic (exact) mass is 410 g/mol. The third-order valence-corrected chi connectivity index (χ3v) is 4.81. The first kappa shape index (κ1) is 21.0. The van der Waals surface area contributed by atoms with Gasteiger partial charge in [0.2, 0.25) is 5.91 Å². The summed E-state index contributed by atoms with van der Waals surface area (Å²) in [5.41, 5.74) is 2.70. The van der Waals surface area contributed by atoms with E-state index in [1.54, 1.807) is 12.1 Å². The first-order valence-corrected chi connectivity index (χ1v) is 9.38. The van der Waals surface area contributed by atoms with Crippen molar-refractivity contribution in [1.29, 1.82) is 0 Å². The standard InChI is InChI=1S/C22H22N2O6/c1-14(25)23-18-9-7-15(8-10-18)21(27)30-13-20(26)24-12-17-6-4-3-5-16(17)11-19(24)22(28)29-2/h3-10,19H,11-13H2,1-2H3,(H,23,25)/t19-/m1/s1. The van der Waals surface area contributed by atoms with Crippen LogP contribution in [-0.2, 0) is 36.8 Å². The van der Waals surface area contributed by atoms with Crippen LogP contribution >= 0.6 is 0 Å². The number of nitrogens with zero attached hydrogens (tertiary/aromatic N) is 1. The zero-order chi connectivity index (χ0) is 21.7. The topological polar surface area (TPSA) is 102 Å². The number of carbonyl (C=O) groups is 4. The zero-order valence-electron chi connectivity index (χ0n) is 16.7. The maximum absolute atomic E-state index is 12.7. The number of rotatable bonds is 5. The van der Waals surface area contributed by atoms with Crippen molar-refractivity contribution in [3.05, 3.63) is 65.2 Å². The Labute approximate surface area is 173 Å². The number of nitrogens with one attached hydrogen (secondary N) is 1. The van der Waals surface area contributed by atoms with Gasteiger partial charge in [-0.25, -0.2) is 9.59 Å². The molecule has 0 saturated carbocycles. The highest BCUT2D eigenvalue weighted by Crippen LogP contribution is 2.24. The lowest BCUT2D eigenvalue weighted by Crippen LogP contribution is -2.50. The van der Waals surface area contributed by atoms with Gasteiger partial charge in [0.15, 0.2) is 6.61 Å². The average Bonchev–Trinajstić information content (AvgIpc) is 2.75. The number of hydrogen-bond donors (Lipinski definition) is 1. The van der Waals surface area contributed by atoms with E-state index >= 15 is 0 Å². The summed E-state index contributed by atoms with van der Waals surface area (Å²) in [5, 5.41) is 2.60. The van der Waals surface area contributed by atoms with E-state index in [0.717, 1.165) is 11.1 Å². The molecule has 0 bridgehead atoms. The summed E-state index contributed by atoms with van der Waals surface area (Å²) in [6, 6.07) is 12.9. The number of ether oxygens (including phenoxy) is 2. The van der Waals surface area contributed by atoms with Crippen molar-refractivity contribution in [2.24, 2.45) is 0 Å². The van der Waals surface area contributed by atoms with Gasteiger partial charge in [0.1, 0.15) is 6.04 Å². The molecule has 0 radical (unpaired) electrons. The number of esters is 2. The van der Waals surface area contributed by atoms with Gasteiger partial charge in [0.05, 0.1) is 12.7 Å². The number of amides is 2. The highest BCUT2D eigenvalue weighted by Gasteiger charge is 2.35. The van der Waals surface area contributed by atoms with Crippen LogP contribution in [0.4, 0.5) is 5.69 Å². The molecule has 8 heteroatoms. The van der Waals surface area contributed by atoms with Gasteiger partial charge >= 0.3 is 11.9 Å². The second-order valence-corrected chi connectivity index (χ2v) is 6.87. The van der Waals surface area contributed by atoms with Gasteiger partial charge in [-0.3, -0.25) is 9.59 Å². The van der Waals surface area contributed by atoms with Crippen LogP contribution in [0, 0.1) is 0 Å². The van der Waals surface area contributed by atoms with Crippen molar-refractivity contribution in [2.45, 2.75) is 25.9 Å². The van der Waals surface area contributed by atoms with Crippen LogP contribution in [0.25, 0.3) is 0 Å². The highest BCUT2D eigenvalue weighted by atomic mass is 16.5. The van der Waals surface area contributed by atoms with Crippen molar-refractivity contribution in [3.8, 4) is 0 Å². The number of carbonyl (C=O) groups excluding carboxylic acids is 4. The second kappa shape index (κ2) is 9.21. The summed E-state index contributed by atoms with van der Waals surface area (Å²) in [6.45, 7) is 1.12. The fraction of sp³-hybridized carbons (Fsp3) is 0.273. The average molecular weight is 410 g/mol. The molecule has 8 nitrogen and oxygen atoms in total. The van der Waals surface area contributed by atoms with Crippen molar-refractivity contribution in [2.75, 3.05) is 19.0 Å². The van der Waals surface area contributed by atoms with Crippen LogP contribution in [0.2, 0.25) is 0 Å². The van der Waals surface area contributed by atoms with E-state index in [9.17, 15) is 19.2 Å². The Morgan fingerprint density at radius 2 is 1.70 bits per heavy atom. The zero-order valence-corrected chi connectivity index (χ0v) is 16.7.